The molecule has 1 aromatic rings. The Kier molecular flexibility index (Phi) is 17.9. The van der Waals surface area contributed by atoms with E-state index in [2.05, 4.69) is 6.92 Å². The summed E-state index contributed by atoms with van der Waals surface area (Å²) < 4.78 is 17.6. The van der Waals surface area contributed by atoms with Gasteiger partial charge in [-0.2, -0.15) is 0 Å². The molecule has 0 heterocycles. The Morgan fingerprint density at radius 1 is 0.667 bits per heavy atom. The van der Waals surface area contributed by atoms with E-state index in [0.717, 1.165) is 11.7 Å². The van der Waals surface area contributed by atoms with Crippen LogP contribution in [0.3, 0.4) is 0 Å². The van der Waals surface area contributed by atoms with Crippen LogP contribution >= 0.6 is 0 Å². The number of benzene rings is 1. The van der Waals surface area contributed by atoms with Crippen molar-refractivity contribution >= 4 is 14.5 Å². The summed E-state index contributed by atoms with van der Waals surface area (Å²) >= 11 is 0. The molecule has 4 nitrogen and oxygen atoms in total. The fraction of sp³-hybridized carbons (Fsp3) is 0.727. The first-order chi connectivity index (χ1) is 13.1. The van der Waals surface area contributed by atoms with Gasteiger partial charge in [0.1, 0.15) is 0 Å². The molecular weight excluding hydrogens is 354 g/mol. The second kappa shape index (κ2) is 18.5. The Morgan fingerprint density at radius 3 is 1.48 bits per heavy atom. The van der Waals surface area contributed by atoms with Crippen LogP contribution in [0.1, 0.15) is 79.1 Å². The summed E-state index contributed by atoms with van der Waals surface area (Å²) in [4.78, 5) is 0. The van der Waals surface area contributed by atoms with E-state index in [1.807, 2.05) is 51.1 Å². The second-order valence-corrected chi connectivity index (χ2v) is 9.35. The molecule has 0 unspecified atom stereocenters. The van der Waals surface area contributed by atoms with Gasteiger partial charge >= 0.3 is 8.80 Å². The van der Waals surface area contributed by atoms with E-state index in [1.165, 1.54) is 51.4 Å². The van der Waals surface area contributed by atoms with Crippen molar-refractivity contribution in [1.82, 2.24) is 0 Å². The molecule has 0 radical (unpaired) electrons. The molecule has 1 aromatic carbocycles. The van der Waals surface area contributed by atoms with E-state index >= 15 is 0 Å². The summed E-state index contributed by atoms with van der Waals surface area (Å²) in [5, 5.41) is 0. The summed E-state index contributed by atoms with van der Waals surface area (Å²) in [7, 11) is -2.38. The number of nitrogen functional groups attached to an aromatic ring is 1. The molecule has 0 aliphatic carbocycles. The maximum Gasteiger partial charge on any atom is 0.500 e. The molecular formula is C22H43NO3Si. The van der Waals surface area contributed by atoms with Gasteiger partial charge in [0.25, 0.3) is 0 Å². The zero-order chi connectivity index (χ0) is 20.2. The first kappa shape index (κ1) is 26.1. The van der Waals surface area contributed by atoms with Gasteiger partial charge in [0.05, 0.1) is 0 Å². The van der Waals surface area contributed by atoms with Crippen LogP contribution in [-0.2, 0) is 13.3 Å². The van der Waals surface area contributed by atoms with E-state index < -0.39 is 8.80 Å². The Morgan fingerprint density at radius 2 is 1.11 bits per heavy atom. The molecule has 0 saturated heterocycles. The van der Waals surface area contributed by atoms with Crippen molar-refractivity contribution in [2.24, 2.45) is 0 Å². The maximum atomic E-state index is 5.86. The highest BCUT2D eigenvalue weighted by atomic mass is 28.4. The normalized spacial score (nSPS) is 11.1. The Hall–Kier alpha value is -0.883. The first-order valence-corrected chi connectivity index (χ1v) is 12.8. The Labute approximate surface area is 169 Å². The molecule has 0 aromatic heterocycles. The number of anilines is 1. The van der Waals surface area contributed by atoms with E-state index in [1.54, 1.807) is 0 Å². The SMILES string of the molecule is CCCCCCCCCC[Si](OCC)(OCC)OCC.Nc1ccccc1. The predicted octanol–water partition coefficient (Wildman–Crippen LogP) is 6.44. The predicted molar refractivity (Wildman–Crippen MR) is 119 cm³/mol. The highest BCUT2D eigenvalue weighted by Crippen LogP contribution is 2.20. The average molecular weight is 398 g/mol. The van der Waals surface area contributed by atoms with Crippen molar-refractivity contribution in [1.29, 1.82) is 0 Å². The van der Waals surface area contributed by atoms with Gasteiger partial charge in [-0.3, -0.25) is 0 Å². The molecule has 0 bridgehead atoms. The third kappa shape index (κ3) is 14.8. The van der Waals surface area contributed by atoms with Gasteiger partial charge in [0, 0.05) is 31.6 Å². The second-order valence-electron chi connectivity index (χ2n) is 6.62. The monoisotopic (exact) mass is 397 g/mol. The van der Waals surface area contributed by atoms with Gasteiger partial charge in [0.15, 0.2) is 0 Å². The number of rotatable bonds is 15. The molecule has 0 aliphatic rings. The van der Waals surface area contributed by atoms with Crippen molar-refractivity contribution < 1.29 is 13.3 Å². The highest BCUT2D eigenvalue weighted by molar-refractivity contribution is 6.60. The number of hydrogen-bond donors (Lipinski definition) is 1. The van der Waals surface area contributed by atoms with Crippen molar-refractivity contribution in [3.63, 3.8) is 0 Å². The third-order valence-electron chi connectivity index (χ3n) is 4.23. The summed E-state index contributed by atoms with van der Waals surface area (Å²) in [6.45, 7) is 10.4. The van der Waals surface area contributed by atoms with Crippen LogP contribution in [0.25, 0.3) is 0 Å². The van der Waals surface area contributed by atoms with Crippen LogP contribution in [-0.4, -0.2) is 28.6 Å². The molecule has 158 valence electrons. The zero-order valence-electron chi connectivity index (χ0n) is 18.2. The van der Waals surface area contributed by atoms with Crippen molar-refractivity contribution in [2.75, 3.05) is 25.6 Å². The fourth-order valence-electron chi connectivity index (χ4n) is 2.93. The Bertz CT molecular complexity index is 400. The smallest absolute Gasteiger partial charge is 0.399 e. The molecule has 0 atom stereocenters. The third-order valence-corrected chi connectivity index (χ3v) is 7.38. The van der Waals surface area contributed by atoms with Crippen molar-refractivity contribution in [3.05, 3.63) is 30.3 Å². The molecule has 0 aliphatic heterocycles. The van der Waals surface area contributed by atoms with Gasteiger partial charge in [-0.25, -0.2) is 0 Å². The minimum atomic E-state index is -2.38. The highest BCUT2D eigenvalue weighted by Gasteiger charge is 2.39. The van der Waals surface area contributed by atoms with Crippen LogP contribution in [0.5, 0.6) is 0 Å². The van der Waals surface area contributed by atoms with Crippen LogP contribution in [0.15, 0.2) is 30.3 Å². The molecule has 0 amide bonds. The first-order valence-electron chi connectivity index (χ1n) is 10.9. The summed E-state index contributed by atoms with van der Waals surface area (Å²) in [5.74, 6) is 0. The molecule has 5 heteroatoms. The largest absolute Gasteiger partial charge is 0.500 e. The number of unbranched alkanes of at least 4 members (excludes halogenated alkanes) is 7. The fourth-order valence-corrected chi connectivity index (χ4v) is 5.62. The summed E-state index contributed by atoms with van der Waals surface area (Å²) in [6, 6.07) is 10.5. The van der Waals surface area contributed by atoms with Gasteiger partial charge in [-0.05, 0) is 39.3 Å². The molecule has 0 spiro atoms. The van der Waals surface area contributed by atoms with Gasteiger partial charge < -0.3 is 19.0 Å². The minimum absolute atomic E-state index is 0.684. The van der Waals surface area contributed by atoms with Crippen molar-refractivity contribution in [2.45, 2.75) is 85.1 Å². The number of nitrogens with two attached hydrogens (primary N) is 1. The standard InChI is InChI=1S/C16H36O3Si.C6H7N/c1-5-9-10-11-12-13-14-15-16-20(17-6-2,18-7-3)19-8-4;7-6-4-2-1-3-5-6/h5-16H2,1-4H3;1-5H,7H2. The van der Waals surface area contributed by atoms with E-state index in [4.69, 9.17) is 19.0 Å². The number of hydrogen-bond acceptors (Lipinski definition) is 4. The minimum Gasteiger partial charge on any atom is -0.399 e. The molecule has 0 fully saturated rings. The molecule has 0 saturated carbocycles. The van der Waals surface area contributed by atoms with Crippen LogP contribution in [0.4, 0.5) is 5.69 Å². The lowest BCUT2D eigenvalue weighted by Crippen LogP contribution is -2.45. The topological polar surface area (TPSA) is 53.7 Å². The molecule has 2 N–H and O–H groups in total. The lowest BCUT2D eigenvalue weighted by molar-refractivity contribution is 0.0706. The quantitative estimate of drug-likeness (QED) is 0.210. The molecule has 1 rings (SSSR count). The van der Waals surface area contributed by atoms with E-state index in [0.29, 0.717) is 19.8 Å². The average Bonchev–Trinajstić information content (AvgIpc) is 2.66. The lowest BCUT2D eigenvalue weighted by atomic mass is 10.1. The maximum absolute atomic E-state index is 5.86. The van der Waals surface area contributed by atoms with Crippen LogP contribution in [0.2, 0.25) is 6.04 Å². The zero-order valence-corrected chi connectivity index (χ0v) is 19.2. The summed E-state index contributed by atoms with van der Waals surface area (Å²) in [5.41, 5.74) is 6.18. The van der Waals surface area contributed by atoms with Crippen molar-refractivity contribution in [3.8, 4) is 0 Å². The van der Waals surface area contributed by atoms with Gasteiger partial charge in [0.2, 0.25) is 0 Å². The number of para-hydroxylation sites is 1. The van der Waals surface area contributed by atoms with Gasteiger partial charge in [-0.15, -0.1) is 0 Å². The molecule has 27 heavy (non-hydrogen) atoms. The van der Waals surface area contributed by atoms with Gasteiger partial charge in [-0.1, -0.05) is 70.1 Å². The van der Waals surface area contributed by atoms with E-state index in [-0.39, 0.29) is 0 Å². The van der Waals surface area contributed by atoms with Crippen LogP contribution < -0.4 is 5.73 Å². The lowest BCUT2D eigenvalue weighted by Gasteiger charge is -2.28. The summed E-state index contributed by atoms with van der Waals surface area (Å²) in [6.07, 6.45) is 10.6. The Balaban J connectivity index is 0.000000797. The van der Waals surface area contributed by atoms with E-state index in [9.17, 15) is 0 Å². The van der Waals surface area contributed by atoms with Crippen LogP contribution in [0, 0.1) is 0 Å².